The van der Waals surface area contributed by atoms with Crippen molar-refractivity contribution < 1.29 is 45.8 Å². The minimum Gasteiger partial charge on any atom is -0.496 e. The highest BCUT2D eigenvalue weighted by Gasteiger charge is 2.40. The number of nitrogens with zero attached hydrogens (tertiary/aromatic N) is 1. The highest BCUT2D eigenvalue weighted by Crippen LogP contribution is 2.47. The van der Waals surface area contributed by atoms with Crippen molar-refractivity contribution in [2.75, 3.05) is 20.2 Å². The number of ether oxygens (including phenoxy) is 1. The van der Waals surface area contributed by atoms with E-state index in [9.17, 15) is 41.0 Å². The first-order chi connectivity index (χ1) is 22.2. The largest absolute Gasteiger partial charge is 0.496 e. The number of piperidine rings is 1. The SMILES string of the molecule is COc1ccc(CN2CCC(F)(F)CC2)c(C(F)(F)F)c1-c1cccc2c(C[C@H](NC(=O)c3c(C)cccc3F)C(=O)O)cccc12. The zero-order valence-corrected chi connectivity index (χ0v) is 25.6. The number of rotatable bonds is 9. The van der Waals surface area contributed by atoms with Crippen molar-refractivity contribution in [1.82, 2.24) is 10.2 Å². The fraction of sp³-hybridized carbons (Fsp3) is 0.314. The third-order valence-corrected chi connectivity index (χ3v) is 8.50. The summed E-state index contributed by atoms with van der Waals surface area (Å²) >= 11 is 0. The van der Waals surface area contributed by atoms with Gasteiger partial charge in [0.1, 0.15) is 17.6 Å². The molecule has 2 N–H and O–H groups in total. The summed E-state index contributed by atoms with van der Waals surface area (Å²) in [5.74, 6) is -6.02. The molecule has 0 radical (unpaired) electrons. The molecule has 0 spiro atoms. The molecule has 1 aliphatic rings. The van der Waals surface area contributed by atoms with Crippen molar-refractivity contribution in [1.29, 1.82) is 0 Å². The second kappa shape index (κ2) is 13.3. The molecule has 1 fully saturated rings. The molecule has 47 heavy (non-hydrogen) atoms. The summed E-state index contributed by atoms with van der Waals surface area (Å²) < 4.78 is 92.1. The van der Waals surface area contributed by atoms with Gasteiger partial charge in [-0.3, -0.25) is 9.69 Å². The Kier molecular flexibility index (Phi) is 9.53. The summed E-state index contributed by atoms with van der Waals surface area (Å²) in [7, 11) is 1.25. The number of carbonyl (C=O) groups excluding carboxylic acids is 1. The maximum Gasteiger partial charge on any atom is 0.417 e. The molecule has 1 saturated heterocycles. The Labute approximate surface area is 266 Å². The lowest BCUT2D eigenvalue weighted by atomic mass is 9.88. The minimum absolute atomic E-state index is 0.0545. The van der Waals surface area contributed by atoms with Crippen LogP contribution in [0.5, 0.6) is 5.75 Å². The molecule has 0 bridgehead atoms. The van der Waals surface area contributed by atoms with E-state index in [4.69, 9.17) is 4.74 Å². The zero-order valence-electron chi connectivity index (χ0n) is 25.6. The lowest BCUT2D eigenvalue weighted by Gasteiger charge is -2.32. The summed E-state index contributed by atoms with van der Waals surface area (Å²) in [5.41, 5.74) is -0.675. The molecule has 12 heteroatoms. The van der Waals surface area contributed by atoms with Crippen LogP contribution in [0.25, 0.3) is 21.9 Å². The standard InChI is InChI=1S/C35H32F6N2O4/c1-20-6-3-11-26(36)29(20)32(44)42-27(33(45)46)18-21-7-4-9-24-23(21)8-5-10-25(24)30-28(47-2)13-12-22(31(30)35(39,40)41)19-43-16-14-34(37,38)15-17-43/h3-13,27H,14-19H2,1-2H3,(H,42,44)(H,45,46)/t27-/m0/s1. The average Bonchev–Trinajstić information content (AvgIpc) is 3.00. The van der Waals surface area contributed by atoms with E-state index in [0.717, 1.165) is 6.07 Å². The number of hydrogen-bond acceptors (Lipinski definition) is 4. The summed E-state index contributed by atoms with van der Waals surface area (Å²) in [5, 5.41) is 13.1. The molecule has 1 amide bonds. The molecule has 248 valence electrons. The van der Waals surface area contributed by atoms with Gasteiger partial charge in [-0.25, -0.2) is 18.0 Å². The number of aryl methyl sites for hydroxylation is 1. The predicted octanol–water partition coefficient (Wildman–Crippen LogP) is 7.64. The van der Waals surface area contributed by atoms with Crippen molar-refractivity contribution in [2.24, 2.45) is 0 Å². The van der Waals surface area contributed by atoms with Crippen LogP contribution in [0.15, 0.2) is 66.7 Å². The van der Waals surface area contributed by atoms with Gasteiger partial charge in [-0.05, 0) is 52.1 Å². The van der Waals surface area contributed by atoms with Crippen molar-refractivity contribution >= 4 is 22.6 Å². The van der Waals surface area contributed by atoms with E-state index >= 15 is 0 Å². The van der Waals surface area contributed by atoms with Gasteiger partial charge in [-0.1, -0.05) is 54.6 Å². The summed E-state index contributed by atoms with van der Waals surface area (Å²) in [6.07, 6.45) is -5.98. The molecular formula is C35H32F6N2O4. The van der Waals surface area contributed by atoms with Crippen LogP contribution in [-0.2, 0) is 23.9 Å². The molecule has 0 saturated carbocycles. The van der Waals surface area contributed by atoms with Gasteiger partial charge in [0.2, 0.25) is 0 Å². The van der Waals surface area contributed by atoms with E-state index in [2.05, 4.69) is 5.32 Å². The molecule has 0 unspecified atom stereocenters. The fourth-order valence-electron chi connectivity index (χ4n) is 6.14. The number of carbonyl (C=O) groups is 2. The number of carboxylic acid groups (broad SMARTS) is 1. The lowest BCUT2D eigenvalue weighted by molar-refractivity contribution is -0.139. The quantitative estimate of drug-likeness (QED) is 0.181. The molecule has 4 aromatic rings. The van der Waals surface area contributed by atoms with Crippen LogP contribution in [0.1, 0.15) is 45.5 Å². The van der Waals surface area contributed by atoms with Gasteiger partial charge in [0.25, 0.3) is 11.8 Å². The number of amides is 1. The number of likely N-dealkylation sites (tertiary alicyclic amines) is 1. The highest BCUT2D eigenvalue weighted by molar-refractivity contribution is 6.01. The number of methoxy groups -OCH3 is 1. The number of fused-ring (bicyclic) bond motifs is 1. The number of aliphatic carboxylic acids is 1. The highest BCUT2D eigenvalue weighted by atomic mass is 19.4. The van der Waals surface area contributed by atoms with Crippen LogP contribution in [0.4, 0.5) is 26.3 Å². The Morgan fingerprint density at radius 2 is 1.62 bits per heavy atom. The Morgan fingerprint density at radius 1 is 0.957 bits per heavy atom. The van der Waals surface area contributed by atoms with Crippen molar-refractivity contribution in [2.45, 2.75) is 50.9 Å². The Bertz CT molecular complexity index is 1790. The number of halogens is 6. The maximum absolute atomic E-state index is 14.9. The Morgan fingerprint density at radius 3 is 2.26 bits per heavy atom. The van der Waals surface area contributed by atoms with Gasteiger partial charge >= 0.3 is 12.1 Å². The van der Waals surface area contributed by atoms with Gasteiger partial charge in [0.05, 0.1) is 18.2 Å². The van der Waals surface area contributed by atoms with Crippen LogP contribution in [0.3, 0.4) is 0 Å². The van der Waals surface area contributed by atoms with E-state index < -0.39 is 54.2 Å². The number of carboxylic acids is 1. The molecule has 1 heterocycles. The summed E-state index contributed by atoms with van der Waals surface area (Å²) in [6, 6.07) is 14.7. The van der Waals surface area contributed by atoms with Crippen molar-refractivity contribution in [3.05, 3.63) is 100 Å². The molecule has 5 rings (SSSR count). The average molecular weight is 659 g/mol. The predicted molar refractivity (Wildman–Crippen MR) is 164 cm³/mol. The van der Waals surface area contributed by atoms with Crippen molar-refractivity contribution in [3.8, 4) is 16.9 Å². The second-order valence-corrected chi connectivity index (χ2v) is 11.6. The normalized spacial score (nSPS) is 15.7. The molecule has 1 atom stereocenters. The summed E-state index contributed by atoms with van der Waals surface area (Å²) in [6.45, 7) is 1.21. The smallest absolute Gasteiger partial charge is 0.417 e. The summed E-state index contributed by atoms with van der Waals surface area (Å²) in [4.78, 5) is 26.7. The first-order valence-corrected chi connectivity index (χ1v) is 14.9. The molecule has 0 aromatic heterocycles. The van der Waals surface area contributed by atoms with E-state index in [1.165, 1.54) is 50.4 Å². The minimum atomic E-state index is -4.85. The maximum atomic E-state index is 14.9. The van der Waals surface area contributed by atoms with Gasteiger partial charge in [-0.2, -0.15) is 13.2 Å². The topological polar surface area (TPSA) is 78.9 Å². The third-order valence-electron chi connectivity index (χ3n) is 8.50. The van der Waals surface area contributed by atoms with E-state index in [-0.39, 0.29) is 54.1 Å². The third kappa shape index (κ3) is 7.22. The second-order valence-electron chi connectivity index (χ2n) is 11.6. The van der Waals surface area contributed by atoms with Gasteiger partial charge in [-0.15, -0.1) is 0 Å². The van der Waals surface area contributed by atoms with Gasteiger partial charge < -0.3 is 15.2 Å². The number of alkyl halides is 5. The van der Waals surface area contributed by atoms with E-state index in [1.54, 1.807) is 29.2 Å². The first-order valence-electron chi connectivity index (χ1n) is 14.9. The lowest BCUT2D eigenvalue weighted by Crippen LogP contribution is -2.42. The van der Waals surface area contributed by atoms with Crippen molar-refractivity contribution in [3.63, 3.8) is 0 Å². The molecule has 1 aliphatic heterocycles. The fourth-order valence-corrected chi connectivity index (χ4v) is 6.14. The van der Waals surface area contributed by atoms with Crippen LogP contribution >= 0.6 is 0 Å². The zero-order chi connectivity index (χ0) is 34.1. The molecule has 4 aromatic carbocycles. The molecule has 6 nitrogen and oxygen atoms in total. The van der Waals surface area contributed by atoms with Crippen LogP contribution in [0.2, 0.25) is 0 Å². The molecular weight excluding hydrogens is 626 g/mol. The van der Waals surface area contributed by atoms with Crippen LogP contribution in [0, 0.1) is 12.7 Å². The van der Waals surface area contributed by atoms with E-state index in [1.807, 2.05) is 0 Å². The number of hydrogen-bond donors (Lipinski definition) is 2. The van der Waals surface area contributed by atoms with Gasteiger partial charge in [0.15, 0.2) is 0 Å². The first kappa shape index (κ1) is 33.8. The Hall–Kier alpha value is -4.58. The number of benzene rings is 4. The molecule has 0 aliphatic carbocycles. The van der Waals surface area contributed by atoms with Crippen LogP contribution in [-0.4, -0.2) is 54.0 Å². The monoisotopic (exact) mass is 658 g/mol. The van der Waals surface area contributed by atoms with Crippen LogP contribution < -0.4 is 10.1 Å². The van der Waals surface area contributed by atoms with Gasteiger partial charge in [0, 0.05) is 44.5 Å². The Balaban J connectivity index is 1.57. The number of nitrogens with one attached hydrogen (secondary N) is 1. The van der Waals surface area contributed by atoms with E-state index in [0.29, 0.717) is 21.9 Å².